The van der Waals surface area contributed by atoms with Crippen molar-refractivity contribution in [1.29, 1.82) is 0 Å². The fraction of sp³-hybridized carbons (Fsp3) is 0.368. The Morgan fingerprint density at radius 2 is 1.85 bits per heavy atom. The van der Waals surface area contributed by atoms with Gasteiger partial charge in [-0.3, -0.25) is 19.3 Å². The van der Waals surface area contributed by atoms with Crippen LogP contribution in [0.2, 0.25) is 0 Å². The highest BCUT2D eigenvalue weighted by Gasteiger charge is 2.44. The van der Waals surface area contributed by atoms with E-state index in [1.807, 2.05) is 26.2 Å². The van der Waals surface area contributed by atoms with Crippen molar-refractivity contribution in [3.63, 3.8) is 0 Å². The number of rotatable bonds is 6. The maximum absolute atomic E-state index is 12.9. The average Bonchev–Trinajstić information content (AvgIpc) is 3.17. The molecular weight excluding hydrogens is 350 g/mol. The Balaban J connectivity index is 1.83. The third kappa shape index (κ3) is 3.26. The van der Waals surface area contributed by atoms with E-state index in [-0.39, 0.29) is 18.4 Å². The van der Waals surface area contributed by atoms with Crippen molar-refractivity contribution < 1.29 is 14.4 Å². The molecule has 1 N–H and O–H groups in total. The van der Waals surface area contributed by atoms with Crippen LogP contribution in [0.25, 0.3) is 0 Å². The van der Waals surface area contributed by atoms with Gasteiger partial charge >= 0.3 is 0 Å². The Bertz CT molecular complexity index is 826. The zero-order valence-corrected chi connectivity index (χ0v) is 15.8. The van der Waals surface area contributed by atoms with E-state index in [1.165, 1.54) is 11.3 Å². The molecule has 7 heteroatoms. The van der Waals surface area contributed by atoms with Gasteiger partial charge in [0.2, 0.25) is 5.91 Å². The first-order valence-electron chi connectivity index (χ1n) is 8.59. The van der Waals surface area contributed by atoms with Gasteiger partial charge in [0.25, 0.3) is 11.8 Å². The molecule has 2 heterocycles. The summed E-state index contributed by atoms with van der Waals surface area (Å²) in [4.78, 5) is 43.8. The van der Waals surface area contributed by atoms with E-state index < -0.39 is 17.9 Å². The molecule has 0 radical (unpaired) electrons. The highest BCUT2D eigenvalue weighted by atomic mass is 32.1. The van der Waals surface area contributed by atoms with Crippen LogP contribution in [0.15, 0.2) is 29.6 Å². The second-order valence-electron chi connectivity index (χ2n) is 6.43. The van der Waals surface area contributed by atoms with Crippen LogP contribution >= 0.6 is 11.3 Å². The number of carbonyl (C=O) groups excluding carboxylic acids is 3. The summed E-state index contributed by atoms with van der Waals surface area (Å²) in [6, 6.07) is 5.85. The van der Waals surface area contributed by atoms with Crippen LogP contribution < -0.4 is 5.32 Å². The number of hydrogen-bond donors (Lipinski definition) is 1. The number of imide groups is 1. The number of thiazole rings is 1. The molecule has 2 aromatic rings. The molecule has 1 aromatic carbocycles. The molecule has 3 amide bonds. The molecule has 0 saturated heterocycles. The number of aromatic nitrogens is 1. The molecule has 3 rings (SSSR count). The molecule has 136 valence electrons. The fourth-order valence-electron chi connectivity index (χ4n) is 3.09. The van der Waals surface area contributed by atoms with Crippen molar-refractivity contribution in [1.82, 2.24) is 15.2 Å². The van der Waals surface area contributed by atoms with E-state index in [4.69, 9.17) is 0 Å². The molecule has 0 bridgehead atoms. The summed E-state index contributed by atoms with van der Waals surface area (Å²) in [5.41, 5.74) is 1.48. The quantitative estimate of drug-likeness (QED) is 0.792. The monoisotopic (exact) mass is 371 g/mol. The summed E-state index contributed by atoms with van der Waals surface area (Å²) >= 11 is 1.51. The van der Waals surface area contributed by atoms with Crippen LogP contribution in [0, 0.1) is 12.8 Å². The van der Waals surface area contributed by atoms with Crippen LogP contribution in [-0.4, -0.2) is 33.6 Å². The molecule has 0 saturated carbocycles. The van der Waals surface area contributed by atoms with Gasteiger partial charge in [-0.05, 0) is 25.0 Å². The molecule has 0 fully saturated rings. The van der Waals surface area contributed by atoms with Gasteiger partial charge < -0.3 is 5.32 Å². The molecule has 1 aromatic heterocycles. The lowest BCUT2D eigenvalue weighted by molar-refractivity contribution is -0.126. The van der Waals surface area contributed by atoms with Crippen molar-refractivity contribution in [3.05, 3.63) is 51.5 Å². The van der Waals surface area contributed by atoms with Crippen molar-refractivity contribution >= 4 is 29.1 Å². The molecule has 1 aliphatic heterocycles. The topological polar surface area (TPSA) is 79.4 Å². The molecule has 2 atom stereocenters. The minimum Gasteiger partial charge on any atom is -0.349 e. The maximum atomic E-state index is 12.9. The van der Waals surface area contributed by atoms with Crippen LogP contribution in [0.3, 0.4) is 0 Å². The van der Waals surface area contributed by atoms with E-state index in [0.29, 0.717) is 17.5 Å². The molecule has 1 aliphatic rings. The van der Waals surface area contributed by atoms with Crippen molar-refractivity contribution in [3.8, 4) is 0 Å². The fourth-order valence-corrected chi connectivity index (χ4v) is 3.70. The summed E-state index contributed by atoms with van der Waals surface area (Å²) in [6.45, 7) is 5.99. The number of amides is 3. The lowest BCUT2D eigenvalue weighted by atomic mass is 9.96. The van der Waals surface area contributed by atoms with Gasteiger partial charge in [-0.25, -0.2) is 4.98 Å². The Labute approximate surface area is 156 Å². The van der Waals surface area contributed by atoms with Crippen molar-refractivity contribution in [2.75, 3.05) is 0 Å². The smallest absolute Gasteiger partial charge is 0.262 e. The van der Waals surface area contributed by atoms with Crippen molar-refractivity contribution in [2.45, 2.75) is 39.8 Å². The van der Waals surface area contributed by atoms with Gasteiger partial charge in [0.1, 0.15) is 6.04 Å². The molecule has 26 heavy (non-hydrogen) atoms. The van der Waals surface area contributed by atoms with E-state index >= 15 is 0 Å². The molecule has 2 unspecified atom stereocenters. The predicted octanol–water partition coefficient (Wildman–Crippen LogP) is 2.78. The largest absolute Gasteiger partial charge is 0.349 e. The first-order valence-corrected chi connectivity index (χ1v) is 9.47. The summed E-state index contributed by atoms with van der Waals surface area (Å²) in [5, 5.41) is 5.64. The second-order valence-corrected chi connectivity index (χ2v) is 7.49. The predicted molar refractivity (Wildman–Crippen MR) is 98.9 cm³/mol. The number of nitrogens with zero attached hydrogens (tertiary/aromatic N) is 2. The van der Waals surface area contributed by atoms with E-state index in [9.17, 15) is 14.4 Å². The van der Waals surface area contributed by atoms with E-state index in [2.05, 4.69) is 10.3 Å². The summed E-state index contributed by atoms with van der Waals surface area (Å²) in [5.74, 6) is -1.31. The number of fused-ring (bicyclic) bond motifs is 1. The Morgan fingerprint density at radius 1 is 1.23 bits per heavy atom. The summed E-state index contributed by atoms with van der Waals surface area (Å²) in [7, 11) is 0. The highest BCUT2D eigenvalue weighted by molar-refractivity contribution is 7.09. The van der Waals surface area contributed by atoms with Gasteiger partial charge in [-0.15, -0.1) is 11.3 Å². The van der Waals surface area contributed by atoms with E-state index in [0.717, 1.165) is 15.6 Å². The Morgan fingerprint density at radius 3 is 2.35 bits per heavy atom. The molecule has 0 spiro atoms. The normalized spacial score (nSPS) is 15.7. The molecule has 0 aliphatic carbocycles. The zero-order chi connectivity index (χ0) is 18.8. The summed E-state index contributed by atoms with van der Waals surface area (Å²) < 4.78 is 0. The first-order chi connectivity index (χ1) is 12.4. The standard InChI is InChI=1S/C19H21N3O3S/c1-4-11(2)16(17(23)20-9-13-10-26-12(3)21-13)22-18(24)14-7-5-6-8-15(14)19(22)25/h5-8,10-11,16H,4,9H2,1-3H3,(H,20,23). The number of benzene rings is 1. The van der Waals surface area contributed by atoms with Crippen LogP contribution in [0.1, 0.15) is 51.7 Å². The Hall–Kier alpha value is -2.54. The minimum atomic E-state index is -0.841. The van der Waals surface area contributed by atoms with Gasteiger partial charge in [0.05, 0.1) is 28.4 Å². The van der Waals surface area contributed by atoms with E-state index in [1.54, 1.807) is 24.3 Å². The second kappa shape index (κ2) is 7.37. The maximum Gasteiger partial charge on any atom is 0.262 e. The number of hydrogen-bond acceptors (Lipinski definition) is 5. The molecular formula is C19H21N3O3S. The number of nitrogens with one attached hydrogen (secondary N) is 1. The SMILES string of the molecule is CCC(C)C(C(=O)NCc1csc(C)n1)N1C(=O)c2ccccc2C1=O. The van der Waals surface area contributed by atoms with Crippen LogP contribution in [-0.2, 0) is 11.3 Å². The van der Waals surface area contributed by atoms with Gasteiger partial charge in [-0.1, -0.05) is 32.4 Å². The summed E-state index contributed by atoms with van der Waals surface area (Å²) in [6.07, 6.45) is 0.668. The average molecular weight is 371 g/mol. The number of carbonyl (C=O) groups is 3. The molecule has 6 nitrogen and oxygen atoms in total. The lowest BCUT2D eigenvalue weighted by Crippen LogP contribution is -2.52. The van der Waals surface area contributed by atoms with Crippen LogP contribution in [0.5, 0.6) is 0 Å². The van der Waals surface area contributed by atoms with Crippen molar-refractivity contribution in [2.24, 2.45) is 5.92 Å². The number of aryl methyl sites for hydroxylation is 1. The first kappa shape index (κ1) is 18.3. The third-order valence-electron chi connectivity index (χ3n) is 4.67. The van der Waals surface area contributed by atoms with Gasteiger partial charge in [0.15, 0.2) is 0 Å². The minimum absolute atomic E-state index is 0.158. The highest BCUT2D eigenvalue weighted by Crippen LogP contribution is 2.28. The van der Waals surface area contributed by atoms with Gasteiger partial charge in [0, 0.05) is 5.38 Å². The third-order valence-corrected chi connectivity index (χ3v) is 5.49. The lowest BCUT2D eigenvalue weighted by Gasteiger charge is -2.29. The van der Waals surface area contributed by atoms with Crippen LogP contribution in [0.4, 0.5) is 0 Å². The van der Waals surface area contributed by atoms with Gasteiger partial charge in [-0.2, -0.15) is 0 Å². The Kier molecular flexibility index (Phi) is 5.18. The zero-order valence-electron chi connectivity index (χ0n) is 15.0.